The van der Waals surface area contributed by atoms with Gasteiger partial charge in [-0.05, 0) is 50.2 Å². The van der Waals surface area contributed by atoms with Crippen LogP contribution in [-0.2, 0) is 0 Å². The largest absolute Gasteiger partial charge is 0.317 e. The van der Waals surface area contributed by atoms with Crippen molar-refractivity contribution in [2.45, 2.75) is 39.2 Å². The van der Waals surface area contributed by atoms with E-state index in [2.05, 4.69) is 38.0 Å². The van der Waals surface area contributed by atoms with Gasteiger partial charge >= 0.3 is 0 Å². The van der Waals surface area contributed by atoms with E-state index in [0.717, 1.165) is 6.04 Å². The van der Waals surface area contributed by atoms with Gasteiger partial charge in [-0.25, -0.2) is 0 Å². The maximum absolute atomic E-state index is 3.39. The van der Waals surface area contributed by atoms with Gasteiger partial charge in [-0.3, -0.25) is 0 Å². The zero-order valence-corrected chi connectivity index (χ0v) is 9.34. The van der Waals surface area contributed by atoms with Crippen molar-refractivity contribution < 1.29 is 0 Å². The number of hydrogen-bond donors (Lipinski definition) is 1. The Balaban J connectivity index is 2.20. The molecule has 0 aromatic heterocycles. The van der Waals surface area contributed by atoms with Crippen LogP contribution in [-0.4, -0.2) is 24.6 Å². The number of thioether (sulfide) groups is 1. The molecule has 0 saturated heterocycles. The summed E-state index contributed by atoms with van der Waals surface area (Å²) in [5.74, 6) is 2.62. The molecule has 0 spiro atoms. The molecule has 1 N–H and O–H groups in total. The predicted octanol–water partition coefficient (Wildman–Crippen LogP) is 2.52. The van der Waals surface area contributed by atoms with E-state index in [0.29, 0.717) is 5.41 Å². The van der Waals surface area contributed by atoms with Crippen molar-refractivity contribution >= 4 is 11.8 Å². The van der Waals surface area contributed by atoms with E-state index >= 15 is 0 Å². The Morgan fingerprint density at radius 1 is 1.50 bits per heavy atom. The zero-order chi connectivity index (χ0) is 9.03. The molecule has 1 saturated carbocycles. The Bertz CT molecular complexity index is 132. The molecule has 72 valence electrons. The van der Waals surface area contributed by atoms with Gasteiger partial charge < -0.3 is 5.32 Å². The van der Waals surface area contributed by atoms with Crippen LogP contribution in [0.3, 0.4) is 0 Å². The fourth-order valence-corrected chi connectivity index (χ4v) is 2.63. The first-order valence-corrected chi connectivity index (χ1v) is 6.15. The van der Waals surface area contributed by atoms with Gasteiger partial charge in [0.25, 0.3) is 0 Å². The lowest BCUT2D eigenvalue weighted by Crippen LogP contribution is -2.32. The molecule has 0 radical (unpaired) electrons. The summed E-state index contributed by atoms with van der Waals surface area (Å²) >= 11 is 2.08. The molecule has 1 fully saturated rings. The average Bonchev–Trinajstić information content (AvgIpc) is 2.85. The summed E-state index contributed by atoms with van der Waals surface area (Å²) in [6.07, 6.45) is 4.30. The van der Waals surface area contributed by atoms with Crippen molar-refractivity contribution in [3.63, 3.8) is 0 Å². The fourth-order valence-electron chi connectivity index (χ4n) is 1.79. The summed E-state index contributed by atoms with van der Waals surface area (Å²) in [6.45, 7) is 4.56. The number of rotatable bonds is 6. The third-order valence-electron chi connectivity index (χ3n) is 3.19. The maximum atomic E-state index is 3.39. The molecule has 0 bridgehead atoms. The standard InChI is InChI=1S/C10H21NS/c1-4-12-8-7-10(5-6-10)9(2)11-3/h9,11H,4-8H2,1-3H3. The third kappa shape index (κ3) is 2.40. The summed E-state index contributed by atoms with van der Waals surface area (Å²) in [6, 6.07) is 0.718. The van der Waals surface area contributed by atoms with Crippen molar-refractivity contribution in [2.24, 2.45) is 5.41 Å². The molecule has 1 unspecified atom stereocenters. The van der Waals surface area contributed by atoms with E-state index < -0.39 is 0 Å². The average molecular weight is 187 g/mol. The SMILES string of the molecule is CCSCCC1(C(C)NC)CC1. The Morgan fingerprint density at radius 2 is 2.17 bits per heavy atom. The molecule has 0 aromatic carbocycles. The monoisotopic (exact) mass is 187 g/mol. The molecule has 2 heteroatoms. The van der Waals surface area contributed by atoms with Crippen molar-refractivity contribution in [3.05, 3.63) is 0 Å². The molecule has 1 rings (SSSR count). The van der Waals surface area contributed by atoms with E-state index in [4.69, 9.17) is 0 Å². The van der Waals surface area contributed by atoms with E-state index in [1.165, 1.54) is 30.8 Å². The van der Waals surface area contributed by atoms with Gasteiger partial charge in [0.1, 0.15) is 0 Å². The van der Waals surface area contributed by atoms with E-state index in [-0.39, 0.29) is 0 Å². The summed E-state index contributed by atoms with van der Waals surface area (Å²) < 4.78 is 0. The molecule has 0 aromatic rings. The first-order valence-electron chi connectivity index (χ1n) is 5.00. The second-order valence-electron chi connectivity index (χ2n) is 3.82. The molecule has 1 atom stereocenters. The molecule has 1 aliphatic rings. The van der Waals surface area contributed by atoms with Crippen molar-refractivity contribution in [1.82, 2.24) is 5.32 Å². The molecule has 0 heterocycles. The highest BCUT2D eigenvalue weighted by atomic mass is 32.2. The van der Waals surface area contributed by atoms with Crippen LogP contribution in [0.25, 0.3) is 0 Å². The molecular formula is C10H21NS. The first kappa shape index (κ1) is 10.4. The Kier molecular flexibility index (Phi) is 3.91. The minimum Gasteiger partial charge on any atom is -0.317 e. The zero-order valence-electron chi connectivity index (χ0n) is 8.52. The van der Waals surface area contributed by atoms with Gasteiger partial charge in [0.2, 0.25) is 0 Å². The minimum atomic E-state index is 0.678. The highest BCUT2D eigenvalue weighted by molar-refractivity contribution is 7.99. The minimum absolute atomic E-state index is 0.678. The van der Waals surface area contributed by atoms with Crippen LogP contribution in [0.15, 0.2) is 0 Å². The Morgan fingerprint density at radius 3 is 2.58 bits per heavy atom. The van der Waals surface area contributed by atoms with Crippen LogP contribution >= 0.6 is 11.8 Å². The maximum Gasteiger partial charge on any atom is 0.00924 e. The Hall–Kier alpha value is 0.310. The molecular weight excluding hydrogens is 166 g/mol. The Labute approximate surface area is 80.7 Å². The third-order valence-corrected chi connectivity index (χ3v) is 4.09. The topological polar surface area (TPSA) is 12.0 Å². The molecule has 12 heavy (non-hydrogen) atoms. The summed E-state index contributed by atoms with van der Waals surface area (Å²) in [7, 11) is 2.08. The van der Waals surface area contributed by atoms with Crippen LogP contribution in [0.2, 0.25) is 0 Å². The normalized spacial score (nSPS) is 22.2. The summed E-state index contributed by atoms with van der Waals surface area (Å²) in [5.41, 5.74) is 0.678. The molecule has 1 nitrogen and oxygen atoms in total. The van der Waals surface area contributed by atoms with Crippen LogP contribution < -0.4 is 5.32 Å². The molecule has 0 aliphatic heterocycles. The first-order chi connectivity index (χ1) is 5.75. The lowest BCUT2D eigenvalue weighted by Gasteiger charge is -2.22. The van der Waals surface area contributed by atoms with Crippen molar-refractivity contribution in [3.8, 4) is 0 Å². The highest BCUT2D eigenvalue weighted by Crippen LogP contribution is 2.52. The quantitative estimate of drug-likeness (QED) is 0.641. The van der Waals surface area contributed by atoms with Gasteiger partial charge in [0, 0.05) is 6.04 Å². The highest BCUT2D eigenvalue weighted by Gasteiger charge is 2.45. The van der Waals surface area contributed by atoms with Crippen LogP contribution in [0.1, 0.15) is 33.1 Å². The fraction of sp³-hybridized carbons (Fsp3) is 1.00. The number of nitrogens with one attached hydrogen (secondary N) is 1. The van der Waals surface area contributed by atoms with Crippen molar-refractivity contribution in [2.75, 3.05) is 18.6 Å². The van der Waals surface area contributed by atoms with Crippen LogP contribution in [0.4, 0.5) is 0 Å². The predicted molar refractivity (Wildman–Crippen MR) is 57.8 cm³/mol. The van der Waals surface area contributed by atoms with Gasteiger partial charge in [-0.15, -0.1) is 0 Å². The second kappa shape index (κ2) is 4.52. The van der Waals surface area contributed by atoms with Crippen LogP contribution in [0, 0.1) is 5.41 Å². The van der Waals surface area contributed by atoms with Gasteiger partial charge in [-0.1, -0.05) is 6.92 Å². The lowest BCUT2D eigenvalue weighted by molar-refractivity contribution is 0.363. The van der Waals surface area contributed by atoms with Gasteiger partial charge in [0.05, 0.1) is 0 Å². The second-order valence-corrected chi connectivity index (χ2v) is 5.21. The lowest BCUT2D eigenvalue weighted by atomic mass is 9.95. The summed E-state index contributed by atoms with van der Waals surface area (Å²) in [5, 5.41) is 3.39. The van der Waals surface area contributed by atoms with E-state index in [1.54, 1.807) is 0 Å². The van der Waals surface area contributed by atoms with Crippen LogP contribution in [0.5, 0.6) is 0 Å². The van der Waals surface area contributed by atoms with E-state index in [1.807, 2.05) is 0 Å². The smallest absolute Gasteiger partial charge is 0.00924 e. The van der Waals surface area contributed by atoms with E-state index in [9.17, 15) is 0 Å². The van der Waals surface area contributed by atoms with Gasteiger partial charge in [0.15, 0.2) is 0 Å². The van der Waals surface area contributed by atoms with Crippen molar-refractivity contribution in [1.29, 1.82) is 0 Å². The summed E-state index contributed by atoms with van der Waals surface area (Å²) in [4.78, 5) is 0. The van der Waals surface area contributed by atoms with Gasteiger partial charge in [-0.2, -0.15) is 11.8 Å². The number of hydrogen-bond acceptors (Lipinski definition) is 2. The molecule has 0 amide bonds. The molecule has 1 aliphatic carbocycles.